The van der Waals surface area contributed by atoms with Crippen molar-refractivity contribution in [3.05, 3.63) is 83.9 Å². The summed E-state index contributed by atoms with van der Waals surface area (Å²) in [6, 6.07) is 23.4. The number of ether oxygens (including phenoxy) is 1. The summed E-state index contributed by atoms with van der Waals surface area (Å²) in [7, 11) is 1.61. The molecule has 3 aromatic rings. The van der Waals surface area contributed by atoms with E-state index in [1.807, 2.05) is 55.5 Å². The lowest BCUT2D eigenvalue weighted by Crippen LogP contribution is -2.46. The number of methoxy groups -OCH3 is 1. The fourth-order valence-electron chi connectivity index (χ4n) is 4.33. The second kappa shape index (κ2) is 11.1. The average Bonchev–Trinajstić information content (AvgIpc) is 2.88. The fraction of sp³-hybridized carbons (Fsp3) is 0.321. The van der Waals surface area contributed by atoms with E-state index in [9.17, 15) is 4.79 Å². The summed E-state index contributed by atoms with van der Waals surface area (Å²) in [6.45, 7) is 9.57. The number of carbonyl (C=O) groups is 1. The Morgan fingerprint density at radius 2 is 1.68 bits per heavy atom. The van der Waals surface area contributed by atoms with Gasteiger partial charge < -0.3 is 25.2 Å². The minimum Gasteiger partial charge on any atom is -0.495 e. The zero-order valence-corrected chi connectivity index (χ0v) is 20.3. The van der Waals surface area contributed by atoms with Crippen LogP contribution < -0.4 is 20.3 Å². The highest BCUT2D eigenvalue weighted by Gasteiger charge is 2.22. The SMILES string of the molecule is CCN1CCN(c2ccc(NC(C(=O)Nc3cc(C)ccc3OC)c3ccccc3)cc2)CC1. The van der Waals surface area contributed by atoms with E-state index in [0.29, 0.717) is 11.4 Å². The molecule has 3 aromatic carbocycles. The maximum Gasteiger partial charge on any atom is 0.251 e. The number of benzene rings is 3. The largest absolute Gasteiger partial charge is 0.495 e. The lowest BCUT2D eigenvalue weighted by molar-refractivity contribution is -0.117. The quantitative estimate of drug-likeness (QED) is 0.501. The van der Waals surface area contributed by atoms with Gasteiger partial charge in [-0.05, 0) is 61.0 Å². The lowest BCUT2D eigenvalue weighted by atomic mass is 10.0. The molecule has 0 radical (unpaired) electrons. The summed E-state index contributed by atoms with van der Waals surface area (Å²) in [5, 5.41) is 6.49. The lowest BCUT2D eigenvalue weighted by Gasteiger charge is -2.35. The number of hydrogen-bond donors (Lipinski definition) is 2. The number of likely N-dealkylation sites (N-methyl/N-ethyl adjacent to an activating group) is 1. The van der Waals surface area contributed by atoms with Gasteiger partial charge in [0.25, 0.3) is 5.91 Å². The van der Waals surface area contributed by atoms with Crippen molar-refractivity contribution in [1.82, 2.24) is 4.90 Å². The van der Waals surface area contributed by atoms with Crippen molar-refractivity contribution in [2.24, 2.45) is 0 Å². The third kappa shape index (κ3) is 5.69. The molecule has 1 aliphatic rings. The number of aryl methyl sites for hydroxylation is 1. The Balaban J connectivity index is 1.51. The van der Waals surface area contributed by atoms with Crippen LogP contribution in [0.25, 0.3) is 0 Å². The Bertz CT molecular complexity index is 1080. The van der Waals surface area contributed by atoms with Gasteiger partial charge in [0.1, 0.15) is 11.8 Å². The molecule has 34 heavy (non-hydrogen) atoms. The molecule has 1 unspecified atom stereocenters. The molecule has 6 nitrogen and oxygen atoms in total. The van der Waals surface area contributed by atoms with E-state index in [2.05, 4.69) is 51.6 Å². The molecule has 1 heterocycles. The zero-order chi connectivity index (χ0) is 23.9. The van der Waals surface area contributed by atoms with E-state index in [4.69, 9.17) is 4.74 Å². The average molecular weight is 459 g/mol. The number of anilines is 3. The van der Waals surface area contributed by atoms with Gasteiger partial charge >= 0.3 is 0 Å². The van der Waals surface area contributed by atoms with E-state index < -0.39 is 6.04 Å². The summed E-state index contributed by atoms with van der Waals surface area (Å²) >= 11 is 0. The molecule has 0 aliphatic carbocycles. The van der Waals surface area contributed by atoms with Crippen LogP contribution in [0.3, 0.4) is 0 Å². The summed E-state index contributed by atoms with van der Waals surface area (Å²) in [4.78, 5) is 18.3. The molecule has 178 valence electrons. The molecule has 1 amide bonds. The molecule has 0 spiro atoms. The standard InChI is InChI=1S/C28H34N4O2/c1-4-31-16-18-32(19-17-31)24-13-11-23(12-14-24)29-27(22-8-6-5-7-9-22)28(33)30-25-20-21(2)10-15-26(25)34-3/h5-15,20,27,29H,4,16-19H2,1-3H3,(H,30,33). The van der Waals surface area contributed by atoms with Crippen LogP contribution in [0.5, 0.6) is 5.75 Å². The van der Waals surface area contributed by atoms with Gasteiger partial charge in [-0.2, -0.15) is 0 Å². The molecule has 1 aliphatic heterocycles. The van der Waals surface area contributed by atoms with Gasteiger partial charge in [0.2, 0.25) is 0 Å². The number of piperazine rings is 1. The minimum atomic E-state index is -0.551. The van der Waals surface area contributed by atoms with Crippen LogP contribution in [0.4, 0.5) is 17.1 Å². The van der Waals surface area contributed by atoms with Crippen molar-refractivity contribution in [1.29, 1.82) is 0 Å². The number of amides is 1. The van der Waals surface area contributed by atoms with E-state index >= 15 is 0 Å². The van der Waals surface area contributed by atoms with Gasteiger partial charge in [0, 0.05) is 37.6 Å². The molecule has 6 heteroatoms. The van der Waals surface area contributed by atoms with Gasteiger partial charge in [0.15, 0.2) is 0 Å². The molecule has 0 saturated carbocycles. The molecular weight excluding hydrogens is 424 g/mol. The van der Waals surface area contributed by atoms with Gasteiger partial charge in [0.05, 0.1) is 12.8 Å². The number of nitrogens with zero attached hydrogens (tertiary/aromatic N) is 2. The normalized spacial score (nSPS) is 15.0. The fourth-order valence-corrected chi connectivity index (χ4v) is 4.33. The second-order valence-corrected chi connectivity index (χ2v) is 8.65. The van der Waals surface area contributed by atoms with E-state index in [1.165, 1.54) is 5.69 Å². The molecule has 0 aromatic heterocycles. The Morgan fingerprint density at radius 1 is 0.971 bits per heavy atom. The van der Waals surface area contributed by atoms with Gasteiger partial charge in [-0.3, -0.25) is 4.79 Å². The van der Waals surface area contributed by atoms with Crippen LogP contribution in [0.15, 0.2) is 72.8 Å². The summed E-state index contributed by atoms with van der Waals surface area (Å²) in [5.41, 5.74) is 4.72. The van der Waals surface area contributed by atoms with Gasteiger partial charge in [-0.25, -0.2) is 0 Å². The molecule has 1 atom stereocenters. The Labute approximate surface area is 202 Å². The second-order valence-electron chi connectivity index (χ2n) is 8.65. The molecule has 1 saturated heterocycles. The highest BCUT2D eigenvalue weighted by molar-refractivity contribution is 5.98. The minimum absolute atomic E-state index is 0.144. The Hall–Kier alpha value is -3.51. The Kier molecular flexibility index (Phi) is 7.70. The zero-order valence-electron chi connectivity index (χ0n) is 20.3. The number of nitrogens with one attached hydrogen (secondary N) is 2. The van der Waals surface area contributed by atoms with Crippen LogP contribution >= 0.6 is 0 Å². The van der Waals surface area contributed by atoms with Crippen LogP contribution in [0.2, 0.25) is 0 Å². The third-order valence-electron chi connectivity index (χ3n) is 6.37. The number of rotatable bonds is 8. The maximum atomic E-state index is 13.4. The van der Waals surface area contributed by atoms with Crippen LogP contribution in [-0.4, -0.2) is 50.6 Å². The molecule has 0 bridgehead atoms. The first-order chi connectivity index (χ1) is 16.6. The predicted octanol–water partition coefficient (Wildman–Crippen LogP) is 4.94. The van der Waals surface area contributed by atoms with E-state index in [1.54, 1.807) is 7.11 Å². The highest BCUT2D eigenvalue weighted by Crippen LogP contribution is 2.28. The maximum absolute atomic E-state index is 13.4. The monoisotopic (exact) mass is 458 g/mol. The molecule has 2 N–H and O–H groups in total. The Morgan fingerprint density at radius 3 is 2.32 bits per heavy atom. The topological polar surface area (TPSA) is 56.8 Å². The van der Waals surface area contributed by atoms with E-state index in [-0.39, 0.29) is 5.91 Å². The molecule has 4 rings (SSSR count). The first-order valence-electron chi connectivity index (χ1n) is 11.9. The first kappa shape index (κ1) is 23.6. The van der Waals surface area contributed by atoms with Gasteiger partial charge in [-0.1, -0.05) is 43.3 Å². The number of carbonyl (C=O) groups excluding carboxylic acids is 1. The summed E-state index contributed by atoms with van der Waals surface area (Å²) < 4.78 is 5.45. The predicted molar refractivity (Wildman–Crippen MR) is 140 cm³/mol. The molecule has 1 fully saturated rings. The van der Waals surface area contributed by atoms with Crippen molar-refractivity contribution in [2.45, 2.75) is 19.9 Å². The van der Waals surface area contributed by atoms with Crippen molar-refractivity contribution in [2.75, 3.05) is 55.4 Å². The first-order valence-corrected chi connectivity index (χ1v) is 11.9. The van der Waals surface area contributed by atoms with Gasteiger partial charge in [-0.15, -0.1) is 0 Å². The summed E-state index contributed by atoms with van der Waals surface area (Å²) in [5.74, 6) is 0.494. The van der Waals surface area contributed by atoms with Crippen molar-refractivity contribution in [3.8, 4) is 5.75 Å². The smallest absolute Gasteiger partial charge is 0.251 e. The van der Waals surface area contributed by atoms with Crippen molar-refractivity contribution < 1.29 is 9.53 Å². The highest BCUT2D eigenvalue weighted by atomic mass is 16.5. The third-order valence-corrected chi connectivity index (χ3v) is 6.37. The molecular formula is C28H34N4O2. The van der Waals surface area contributed by atoms with E-state index in [0.717, 1.165) is 49.5 Å². The van der Waals surface area contributed by atoms with Crippen molar-refractivity contribution in [3.63, 3.8) is 0 Å². The van der Waals surface area contributed by atoms with Crippen LogP contribution in [0, 0.1) is 6.92 Å². The number of hydrogen-bond acceptors (Lipinski definition) is 5. The van der Waals surface area contributed by atoms with Crippen molar-refractivity contribution >= 4 is 23.0 Å². The van der Waals surface area contributed by atoms with Crippen LogP contribution in [0.1, 0.15) is 24.1 Å². The van der Waals surface area contributed by atoms with Crippen LogP contribution in [-0.2, 0) is 4.79 Å². The summed E-state index contributed by atoms with van der Waals surface area (Å²) in [6.07, 6.45) is 0.